The zero-order valence-corrected chi connectivity index (χ0v) is 22.4. The van der Waals surface area contributed by atoms with E-state index >= 15 is 0 Å². The van der Waals surface area contributed by atoms with E-state index in [1.807, 2.05) is 44.2 Å². The number of carboxylic acid groups (broad SMARTS) is 1. The van der Waals surface area contributed by atoms with Crippen LogP contribution < -0.4 is 14.8 Å². The molecule has 1 aliphatic rings. The molecule has 0 unspecified atom stereocenters. The van der Waals surface area contributed by atoms with E-state index in [1.165, 1.54) is 11.0 Å². The molecule has 1 fully saturated rings. The third-order valence-corrected chi connectivity index (χ3v) is 6.39. The van der Waals surface area contributed by atoms with Gasteiger partial charge in [0.2, 0.25) is 0 Å². The van der Waals surface area contributed by atoms with Gasteiger partial charge in [0.25, 0.3) is 5.91 Å². The summed E-state index contributed by atoms with van der Waals surface area (Å²) in [7, 11) is 0. The highest BCUT2D eigenvalue weighted by atomic mass is 127. The van der Waals surface area contributed by atoms with E-state index in [1.54, 1.807) is 30.3 Å². The number of hydrogen-bond donors (Lipinski definition) is 2. The van der Waals surface area contributed by atoms with Crippen LogP contribution in [0.25, 0.3) is 6.08 Å². The molecule has 0 saturated carbocycles. The van der Waals surface area contributed by atoms with E-state index in [-0.39, 0.29) is 24.4 Å². The van der Waals surface area contributed by atoms with E-state index < -0.39 is 17.9 Å². The predicted octanol–water partition coefficient (Wildman–Crippen LogP) is 5.37. The molecule has 0 spiro atoms. The van der Waals surface area contributed by atoms with Crippen LogP contribution in [0.2, 0.25) is 0 Å². The normalized spacial score (nSPS) is 14.1. The summed E-state index contributed by atoms with van der Waals surface area (Å²) in [6, 6.07) is 17.3. The van der Waals surface area contributed by atoms with Crippen LogP contribution in [-0.2, 0) is 17.9 Å². The van der Waals surface area contributed by atoms with Gasteiger partial charge >= 0.3 is 12.0 Å². The summed E-state index contributed by atoms with van der Waals surface area (Å²) in [5.74, 6) is -0.426. The van der Waals surface area contributed by atoms with Crippen molar-refractivity contribution in [3.05, 3.63) is 97.7 Å². The van der Waals surface area contributed by atoms with Crippen LogP contribution in [0.4, 0.5) is 4.79 Å². The fraction of sp³-hybridized carbons (Fsp3) is 0.179. The van der Waals surface area contributed by atoms with Crippen LogP contribution in [0.3, 0.4) is 0 Å². The molecule has 0 aliphatic carbocycles. The first kappa shape index (κ1) is 26.2. The van der Waals surface area contributed by atoms with Crippen LogP contribution in [0.5, 0.6) is 11.5 Å². The lowest BCUT2D eigenvalue weighted by atomic mass is 10.1. The first-order valence-corrected chi connectivity index (χ1v) is 12.6. The maximum atomic E-state index is 13.0. The van der Waals surface area contributed by atoms with Gasteiger partial charge in [-0.3, -0.25) is 9.69 Å². The fourth-order valence-corrected chi connectivity index (χ4v) is 4.68. The van der Waals surface area contributed by atoms with Gasteiger partial charge in [0.15, 0.2) is 11.5 Å². The van der Waals surface area contributed by atoms with Gasteiger partial charge in [0, 0.05) is 0 Å². The monoisotopic (exact) mass is 612 g/mol. The molecule has 2 N–H and O–H groups in total. The Morgan fingerprint density at radius 3 is 2.54 bits per heavy atom. The molecule has 37 heavy (non-hydrogen) atoms. The largest absolute Gasteiger partial charge is 0.490 e. The molecule has 190 valence electrons. The third-order valence-electron chi connectivity index (χ3n) is 5.59. The van der Waals surface area contributed by atoms with Gasteiger partial charge in [-0.25, -0.2) is 9.59 Å². The maximum Gasteiger partial charge on any atom is 0.335 e. The molecule has 0 aromatic heterocycles. The van der Waals surface area contributed by atoms with Crippen LogP contribution >= 0.6 is 22.6 Å². The molecule has 0 atom stereocenters. The highest BCUT2D eigenvalue weighted by Crippen LogP contribution is 2.36. The van der Waals surface area contributed by atoms with E-state index in [9.17, 15) is 19.5 Å². The predicted molar refractivity (Wildman–Crippen MR) is 146 cm³/mol. The average molecular weight is 612 g/mol. The topological polar surface area (TPSA) is 105 Å². The number of hydrogen-bond acceptors (Lipinski definition) is 5. The summed E-state index contributed by atoms with van der Waals surface area (Å²) in [4.78, 5) is 37.9. The SMILES string of the molecule is CCOc1cc(/C=C2/NC(=O)N(Cc3cccc(C)c3)C2=O)cc(I)c1OCc1cccc(C(=O)O)c1. The van der Waals surface area contributed by atoms with Crippen LogP contribution in [0.1, 0.15) is 39.5 Å². The molecule has 1 aliphatic heterocycles. The zero-order valence-electron chi connectivity index (χ0n) is 20.3. The summed E-state index contributed by atoms with van der Waals surface area (Å²) in [6.07, 6.45) is 1.61. The summed E-state index contributed by atoms with van der Waals surface area (Å²) in [6.45, 7) is 4.53. The summed E-state index contributed by atoms with van der Waals surface area (Å²) in [5.41, 5.74) is 3.65. The first-order chi connectivity index (χ1) is 17.7. The van der Waals surface area contributed by atoms with Gasteiger partial charge in [0.1, 0.15) is 12.3 Å². The Balaban J connectivity index is 1.55. The Morgan fingerprint density at radius 2 is 1.81 bits per heavy atom. The summed E-state index contributed by atoms with van der Waals surface area (Å²) in [5, 5.41) is 11.9. The minimum atomic E-state index is -1.00. The quantitative estimate of drug-likeness (QED) is 0.191. The maximum absolute atomic E-state index is 13.0. The standard InChI is InChI=1S/C28H25IN2O6/c1-3-36-24-14-20(12-22(29)25(24)37-16-19-8-5-9-21(11-19)27(33)34)13-23-26(32)31(28(35)30-23)15-18-7-4-6-17(2)10-18/h4-14H,3,15-16H2,1-2H3,(H,30,35)(H,33,34)/b23-13+. The number of ether oxygens (including phenoxy) is 2. The Labute approximate surface area is 228 Å². The lowest BCUT2D eigenvalue weighted by Crippen LogP contribution is -2.30. The Morgan fingerprint density at radius 1 is 1.05 bits per heavy atom. The second-order valence-corrected chi connectivity index (χ2v) is 9.59. The Bertz CT molecular complexity index is 1400. The minimum absolute atomic E-state index is 0.153. The van der Waals surface area contributed by atoms with Gasteiger partial charge in [0.05, 0.1) is 22.3 Å². The first-order valence-electron chi connectivity index (χ1n) is 11.6. The summed E-state index contributed by atoms with van der Waals surface area (Å²) < 4.78 is 12.5. The number of rotatable bonds is 9. The van der Waals surface area contributed by atoms with Crippen molar-refractivity contribution in [2.75, 3.05) is 6.61 Å². The molecule has 4 rings (SSSR count). The van der Waals surface area contributed by atoms with Gasteiger partial charge in [-0.2, -0.15) is 0 Å². The van der Waals surface area contributed by atoms with E-state index in [2.05, 4.69) is 27.9 Å². The molecule has 9 heteroatoms. The highest BCUT2D eigenvalue weighted by molar-refractivity contribution is 14.1. The van der Waals surface area contributed by atoms with Crippen LogP contribution in [0, 0.1) is 10.5 Å². The van der Waals surface area contributed by atoms with Crippen molar-refractivity contribution in [2.24, 2.45) is 0 Å². The fourth-order valence-electron chi connectivity index (χ4n) is 3.90. The molecule has 0 radical (unpaired) electrons. The number of nitrogens with zero attached hydrogens (tertiary/aromatic N) is 1. The number of amides is 3. The van der Waals surface area contributed by atoms with E-state index in [0.29, 0.717) is 29.2 Å². The molecule has 1 heterocycles. The molecular formula is C28H25IN2O6. The van der Waals surface area contributed by atoms with E-state index in [4.69, 9.17) is 9.47 Å². The number of benzene rings is 3. The number of carbonyl (C=O) groups excluding carboxylic acids is 2. The van der Waals surface area contributed by atoms with Crippen molar-refractivity contribution in [1.82, 2.24) is 10.2 Å². The number of urea groups is 1. The molecule has 3 amide bonds. The third kappa shape index (κ3) is 6.29. The van der Waals surface area contributed by atoms with Crippen molar-refractivity contribution in [3.63, 3.8) is 0 Å². The molecule has 0 bridgehead atoms. The number of nitrogens with one attached hydrogen (secondary N) is 1. The van der Waals surface area contributed by atoms with Crippen molar-refractivity contribution in [2.45, 2.75) is 27.0 Å². The lowest BCUT2D eigenvalue weighted by molar-refractivity contribution is -0.123. The smallest absolute Gasteiger partial charge is 0.335 e. The average Bonchev–Trinajstić information content (AvgIpc) is 3.11. The van der Waals surface area contributed by atoms with Crippen LogP contribution in [-0.4, -0.2) is 34.5 Å². The van der Waals surface area contributed by atoms with Gasteiger partial charge in [-0.05, 0) is 83.5 Å². The molecule has 3 aromatic rings. The van der Waals surface area contributed by atoms with Crippen LogP contribution in [0.15, 0.2) is 66.4 Å². The van der Waals surface area contributed by atoms with Crippen molar-refractivity contribution in [1.29, 1.82) is 0 Å². The number of carbonyl (C=O) groups is 3. The lowest BCUT2D eigenvalue weighted by Gasteiger charge is -2.15. The second-order valence-electron chi connectivity index (χ2n) is 8.43. The van der Waals surface area contributed by atoms with Gasteiger partial charge in [-0.1, -0.05) is 42.0 Å². The van der Waals surface area contributed by atoms with Crippen molar-refractivity contribution >= 4 is 46.6 Å². The minimum Gasteiger partial charge on any atom is -0.490 e. The Hall–Kier alpha value is -3.86. The van der Waals surface area contributed by atoms with Gasteiger partial charge in [-0.15, -0.1) is 0 Å². The number of aromatic carboxylic acids is 1. The number of aryl methyl sites for hydroxylation is 1. The molecule has 1 saturated heterocycles. The highest BCUT2D eigenvalue weighted by Gasteiger charge is 2.33. The molecular weight excluding hydrogens is 587 g/mol. The zero-order chi connectivity index (χ0) is 26.5. The molecule has 3 aromatic carbocycles. The molecule has 8 nitrogen and oxygen atoms in total. The second kappa shape index (κ2) is 11.5. The Kier molecular flexibility index (Phi) is 8.12. The van der Waals surface area contributed by atoms with Crippen molar-refractivity contribution in [3.8, 4) is 11.5 Å². The van der Waals surface area contributed by atoms with Crippen molar-refractivity contribution < 1.29 is 29.0 Å². The summed E-state index contributed by atoms with van der Waals surface area (Å²) >= 11 is 2.12. The number of carboxylic acids is 1. The number of halogens is 1. The van der Waals surface area contributed by atoms with E-state index in [0.717, 1.165) is 14.7 Å². The number of imide groups is 1. The van der Waals surface area contributed by atoms with Gasteiger partial charge < -0.3 is 19.9 Å².